The quantitative estimate of drug-likeness (QED) is 0.556. The van der Waals surface area contributed by atoms with Crippen LogP contribution in [0.3, 0.4) is 0 Å². The molecule has 0 spiro atoms. The number of carbonyl (C=O) groups is 1. The number of nitrogens with zero attached hydrogens (tertiary/aromatic N) is 2. The zero-order valence-corrected chi connectivity index (χ0v) is 17.9. The summed E-state index contributed by atoms with van der Waals surface area (Å²) in [6.07, 6.45) is -4.59. The van der Waals surface area contributed by atoms with Crippen LogP contribution in [-0.4, -0.2) is 32.1 Å². The molecular weight excluding hydrogens is 455 g/mol. The minimum Gasteiger partial charge on any atom is -0.380 e. The standard InChI is InChI=1S/C19H18F3N3O4S2/c1-2-29-9-8-25-15-7-6-14(31(23,27)28)11-16(15)30-18(25)24-17(26)12-4-3-5-13(10-12)19(20,21)22/h3-7,10-11H,2,8-9H2,1H3,(H2,23,27,28). The number of halogens is 3. The predicted molar refractivity (Wildman–Crippen MR) is 109 cm³/mol. The highest BCUT2D eigenvalue weighted by Crippen LogP contribution is 2.29. The van der Waals surface area contributed by atoms with Gasteiger partial charge in [-0.05, 0) is 43.3 Å². The fraction of sp³-hybridized carbons (Fsp3) is 0.263. The Balaban J connectivity index is 2.11. The molecule has 7 nitrogen and oxygen atoms in total. The van der Waals surface area contributed by atoms with Gasteiger partial charge in [-0.25, -0.2) is 13.6 Å². The first-order valence-electron chi connectivity index (χ1n) is 9.01. The highest BCUT2D eigenvalue weighted by atomic mass is 32.2. The highest BCUT2D eigenvalue weighted by molar-refractivity contribution is 7.89. The van der Waals surface area contributed by atoms with Crippen LogP contribution < -0.4 is 9.94 Å². The molecule has 166 valence electrons. The molecule has 1 aromatic heterocycles. The van der Waals surface area contributed by atoms with E-state index in [9.17, 15) is 26.4 Å². The molecule has 0 unspecified atom stereocenters. The molecule has 2 aromatic carbocycles. The van der Waals surface area contributed by atoms with E-state index in [2.05, 4.69) is 4.99 Å². The predicted octanol–water partition coefficient (Wildman–Crippen LogP) is 3.15. The Morgan fingerprint density at radius 3 is 2.61 bits per heavy atom. The van der Waals surface area contributed by atoms with E-state index in [0.29, 0.717) is 30.0 Å². The summed E-state index contributed by atoms with van der Waals surface area (Å²) in [4.78, 5) is 16.7. The molecule has 0 radical (unpaired) electrons. The minimum atomic E-state index is -4.59. The van der Waals surface area contributed by atoms with Gasteiger partial charge in [0.2, 0.25) is 10.0 Å². The lowest BCUT2D eigenvalue weighted by Crippen LogP contribution is -2.20. The molecule has 1 heterocycles. The molecule has 31 heavy (non-hydrogen) atoms. The van der Waals surface area contributed by atoms with Crippen LogP contribution in [0.25, 0.3) is 10.2 Å². The van der Waals surface area contributed by atoms with Gasteiger partial charge in [0.1, 0.15) is 0 Å². The molecule has 0 fully saturated rings. The Morgan fingerprint density at radius 2 is 1.97 bits per heavy atom. The van der Waals surface area contributed by atoms with E-state index in [4.69, 9.17) is 9.88 Å². The molecule has 12 heteroatoms. The van der Waals surface area contributed by atoms with Crippen molar-refractivity contribution in [3.8, 4) is 0 Å². The van der Waals surface area contributed by atoms with Crippen LogP contribution >= 0.6 is 11.3 Å². The highest BCUT2D eigenvalue weighted by Gasteiger charge is 2.30. The maximum atomic E-state index is 13.0. The van der Waals surface area contributed by atoms with Crippen molar-refractivity contribution in [2.24, 2.45) is 10.1 Å². The number of amides is 1. The van der Waals surface area contributed by atoms with Gasteiger partial charge in [0.05, 0.1) is 27.3 Å². The van der Waals surface area contributed by atoms with Crippen LogP contribution in [0.4, 0.5) is 13.2 Å². The number of sulfonamides is 1. The summed E-state index contributed by atoms with van der Waals surface area (Å²) in [7, 11) is -3.93. The maximum absolute atomic E-state index is 13.0. The van der Waals surface area contributed by atoms with E-state index in [-0.39, 0.29) is 15.3 Å². The smallest absolute Gasteiger partial charge is 0.380 e. The topological polar surface area (TPSA) is 104 Å². The number of hydrogen-bond donors (Lipinski definition) is 1. The number of rotatable bonds is 6. The van der Waals surface area contributed by atoms with Crippen LogP contribution in [0.5, 0.6) is 0 Å². The van der Waals surface area contributed by atoms with E-state index in [1.807, 2.05) is 6.92 Å². The SMILES string of the molecule is CCOCCn1c(=NC(=O)c2cccc(C(F)(F)F)c2)sc2cc(S(N)(=O)=O)ccc21. The molecule has 2 N–H and O–H groups in total. The molecule has 3 rings (SSSR count). The van der Waals surface area contributed by atoms with Crippen LogP contribution in [0.1, 0.15) is 22.8 Å². The van der Waals surface area contributed by atoms with E-state index in [0.717, 1.165) is 29.5 Å². The van der Waals surface area contributed by atoms with Gasteiger partial charge in [0.25, 0.3) is 5.91 Å². The molecule has 3 aromatic rings. The van der Waals surface area contributed by atoms with Crippen molar-refractivity contribution >= 4 is 37.5 Å². The maximum Gasteiger partial charge on any atom is 0.416 e. The van der Waals surface area contributed by atoms with Gasteiger partial charge in [-0.15, -0.1) is 0 Å². The summed E-state index contributed by atoms with van der Waals surface area (Å²) in [6.45, 7) is 2.88. The number of benzene rings is 2. The van der Waals surface area contributed by atoms with Crippen LogP contribution in [-0.2, 0) is 27.5 Å². The van der Waals surface area contributed by atoms with Crippen molar-refractivity contribution in [1.29, 1.82) is 0 Å². The number of ether oxygens (including phenoxy) is 1. The van der Waals surface area contributed by atoms with E-state index >= 15 is 0 Å². The normalized spacial score (nSPS) is 13.1. The average molecular weight is 473 g/mol. The third kappa shape index (κ3) is 5.39. The number of fused-ring (bicyclic) bond motifs is 1. The Labute approximate surface area is 179 Å². The number of thiazole rings is 1. The second-order valence-electron chi connectivity index (χ2n) is 6.40. The summed E-state index contributed by atoms with van der Waals surface area (Å²) in [5.74, 6) is -0.852. The molecule has 0 saturated carbocycles. The summed E-state index contributed by atoms with van der Waals surface area (Å²) >= 11 is 1.02. The van der Waals surface area contributed by atoms with Crippen LogP contribution in [0.15, 0.2) is 52.4 Å². The summed E-state index contributed by atoms with van der Waals surface area (Å²) < 4.78 is 69.6. The van der Waals surface area contributed by atoms with Crippen LogP contribution in [0, 0.1) is 0 Å². The van der Waals surface area contributed by atoms with Crippen molar-refractivity contribution < 1.29 is 31.1 Å². The molecule has 0 aliphatic heterocycles. The van der Waals surface area contributed by atoms with Gasteiger partial charge in [-0.1, -0.05) is 17.4 Å². The molecular formula is C19H18F3N3O4S2. The number of hydrogen-bond acceptors (Lipinski definition) is 5. The number of alkyl halides is 3. The Kier molecular flexibility index (Phi) is 6.65. The Bertz CT molecular complexity index is 1290. The second-order valence-corrected chi connectivity index (χ2v) is 8.97. The van der Waals surface area contributed by atoms with Gasteiger partial charge in [-0.3, -0.25) is 4.79 Å². The number of primary sulfonamides is 1. The van der Waals surface area contributed by atoms with Crippen molar-refractivity contribution in [2.75, 3.05) is 13.2 Å². The van der Waals surface area contributed by atoms with Crippen molar-refractivity contribution in [1.82, 2.24) is 4.57 Å². The van der Waals surface area contributed by atoms with E-state index < -0.39 is 27.7 Å². The number of aromatic nitrogens is 1. The number of carbonyl (C=O) groups excluding carboxylic acids is 1. The minimum absolute atomic E-state index is 0.103. The summed E-state index contributed by atoms with van der Waals surface area (Å²) in [5, 5.41) is 5.18. The van der Waals surface area contributed by atoms with E-state index in [1.54, 1.807) is 4.57 Å². The Hall–Kier alpha value is -2.54. The fourth-order valence-corrected chi connectivity index (χ4v) is 4.52. The molecule has 0 atom stereocenters. The first-order valence-corrected chi connectivity index (χ1v) is 11.4. The molecule has 0 bridgehead atoms. The second kappa shape index (κ2) is 8.91. The number of nitrogens with two attached hydrogens (primary N) is 1. The first-order chi connectivity index (χ1) is 14.5. The third-order valence-corrected chi connectivity index (χ3v) is 6.23. The molecule has 0 saturated heterocycles. The lowest BCUT2D eigenvalue weighted by atomic mass is 10.1. The zero-order chi connectivity index (χ0) is 22.8. The molecule has 0 aliphatic carbocycles. The van der Waals surface area contributed by atoms with Crippen molar-refractivity contribution in [3.63, 3.8) is 0 Å². The average Bonchev–Trinajstić information content (AvgIpc) is 3.03. The monoisotopic (exact) mass is 473 g/mol. The Morgan fingerprint density at radius 1 is 1.23 bits per heavy atom. The molecule has 1 amide bonds. The van der Waals surface area contributed by atoms with Crippen molar-refractivity contribution in [2.45, 2.75) is 24.5 Å². The lowest BCUT2D eigenvalue weighted by Gasteiger charge is -2.07. The lowest BCUT2D eigenvalue weighted by molar-refractivity contribution is -0.137. The third-order valence-electron chi connectivity index (χ3n) is 4.28. The fourth-order valence-electron chi connectivity index (χ4n) is 2.81. The zero-order valence-electron chi connectivity index (χ0n) is 16.2. The van der Waals surface area contributed by atoms with Gasteiger partial charge >= 0.3 is 6.18 Å². The van der Waals surface area contributed by atoms with Gasteiger partial charge < -0.3 is 9.30 Å². The van der Waals surface area contributed by atoms with E-state index in [1.165, 1.54) is 24.3 Å². The van der Waals surface area contributed by atoms with Gasteiger partial charge in [-0.2, -0.15) is 18.2 Å². The summed E-state index contributed by atoms with van der Waals surface area (Å²) in [5.41, 5.74) is -0.575. The largest absolute Gasteiger partial charge is 0.416 e. The first kappa shape index (κ1) is 23.1. The van der Waals surface area contributed by atoms with Crippen molar-refractivity contribution in [3.05, 3.63) is 58.4 Å². The summed E-state index contributed by atoms with van der Waals surface area (Å²) in [6, 6.07) is 8.22. The van der Waals surface area contributed by atoms with Gasteiger partial charge in [0.15, 0.2) is 4.80 Å². The van der Waals surface area contributed by atoms with Crippen LogP contribution in [0.2, 0.25) is 0 Å². The van der Waals surface area contributed by atoms with Gasteiger partial charge in [0, 0.05) is 18.7 Å². The molecule has 0 aliphatic rings.